The van der Waals surface area contributed by atoms with Gasteiger partial charge in [0.15, 0.2) is 4.90 Å². The zero-order chi connectivity index (χ0) is 14.9. The zero-order valence-corrected chi connectivity index (χ0v) is 11.3. The summed E-state index contributed by atoms with van der Waals surface area (Å²) in [5.41, 5.74) is -0.185. The van der Waals surface area contributed by atoms with Crippen molar-refractivity contribution in [2.75, 3.05) is 4.72 Å². The largest absolute Gasteiger partial charge is 0.278 e. The molecule has 20 heavy (non-hydrogen) atoms. The van der Waals surface area contributed by atoms with Crippen molar-refractivity contribution in [3.8, 4) is 0 Å². The van der Waals surface area contributed by atoms with Crippen LogP contribution in [0, 0.1) is 17.5 Å². The Hall–Kier alpha value is -1.73. The van der Waals surface area contributed by atoms with Crippen molar-refractivity contribution in [1.82, 2.24) is 0 Å². The van der Waals surface area contributed by atoms with Crippen LogP contribution in [0.1, 0.15) is 0 Å². The van der Waals surface area contributed by atoms with Gasteiger partial charge in [0.2, 0.25) is 0 Å². The van der Waals surface area contributed by atoms with Gasteiger partial charge in [0.1, 0.15) is 17.5 Å². The quantitative estimate of drug-likeness (QED) is 0.939. The van der Waals surface area contributed by atoms with E-state index in [4.69, 9.17) is 11.6 Å². The molecule has 0 aliphatic rings. The summed E-state index contributed by atoms with van der Waals surface area (Å²) in [7, 11) is -4.52. The van der Waals surface area contributed by atoms with Crippen molar-refractivity contribution in [2.24, 2.45) is 0 Å². The summed E-state index contributed by atoms with van der Waals surface area (Å²) >= 11 is 5.65. The molecule has 2 aromatic carbocycles. The second-order valence-corrected chi connectivity index (χ2v) is 5.81. The summed E-state index contributed by atoms with van der Waals surface area (Å²) in [4.78, 5) is -1.12. The number of hydrogen-bond acceptors (Lipinski definition) is 2. The van der Waals surface area contributed by atoms with E-state index in [0.29, 0.717) is 0 Å². The number of anilines is 1. The molecule has 0 saturated heterocycles. The van der Waals surface area contributed by atoms with Crippen LogP contribution in [-0.2, 0) is 10.0 Å². The molecule has 8 heteroatoms. The Balaban J connectivity index is 2.46. The lowest BCUT2D eigenvalue weighted by Crippen LogP contribution is -2.16. The van der Waals surface area contributed by atoms with Gasteiger partial charge in [-0.3, -0.25) is 4.72 Å². The molecule has 0 spiro atoms. The van der Waals surface area contributed by atoms with Crippen LogP contribution in [0.5, 0.6) is 0 Å². The highest BCUT2D eigenvalue weighted by Crippen LogP contribution is 2.27. The minimum absolute atomic E-state index is 0.185. The van der Waals surface area contributed by atoms with Crippen molar-refractivity contribution < 1.29 is 21.6 Å². The first kappa shape index (κ1) is 14.7. The molecule has 0 heterocycles. The smallest absolute Gasteiger partial charge is 0.267 e. The molecule has 0 unspecified atom stereocenters. The van der Waals surface area contributed by atoms with Crippen LogP contribution in [0.25, 0.3) is 0 Å². The van der Waals surface area contributed by atoms with E-state index in [0.717, 1.165) is 36.4 Å². The number of nitrogens with one attached hydrogen (secondary N) is 1. The summed E-state index contributed by atoms with van der Waals surface area (Å²) in [5, 5.41) is -0.231. The van der Waals surface area contributed by atoms with Gasteiger partial charge in [-0.05, 0) is 30.3 Å². The van der Waals surface area contributed by atoms with Crippen LogP contribution in [0.4, 0.5) is 18.9 Å². The van der Waals surface area contributed by atoms with E-state index in [1.54, 1.807) is 0 Å². The van der Waals surface area contributed by atoms with Crippen molar-refractivity contribution in [1.29, 1.82) is 0 Å². The Bertz CT molecular complexity index is 745. The predicted octanol–water partition coefficient (Wildman–Crippen LogP) is 3.56. The van der Waals surface area contributed by atoms with Crippen molar-refractivity contribution >= 4 is 27.3 Å². The van der Waals surface area contributed by atoms with Crippen LogP contribution < -0.4 is 4.72 Å². The third-order valence-electron chi connectivity index (χ3n) is 2.36. The van der Waals surface area contributed by atoms with Gasteiger partial charge in [-0.25, -0.2) is 21.6 Å². The van der Waals surface area contributed by atoms with Crippen molar-refractivity contribution in [3.05, 3.63) is 58.9 Å². The number of rotatable bonds is 3. The third kappa shape index (κ3) is 2.88. The average molecular weight is 322 g/mol. The van der Waals surface area contributed by atoms with Gasteiger partial charge in [0, 0.05) is 0 Å². The monoisotopic (exact) mass is 321 g/mol. The number of halogens is 4. The molecule has 106 valence electrons. The molecule has 0 aromatic heterocycles. The van der Waals surface area contributed by atoms with Gasteiger partial charge in [0.25, 0.3) is 10.0 Å². The van der Waals surface area contributed by atoms with E-state index < -0.39 is 32.4 Å². The molecular formula is C12H7ClF3NO2S. The molecule has 0 aliphatic carbocycles. The maximum absolute atomic E-state index is 13.5. The van der Waals surface area contributed by atoms with Crippen LogP contribution in [0.15, 0.2) is 41.3 Å². The van der Waals surface area contributed by atoms with E-state index in [-0.39, 0.29) is 10.7 Å². The maximum Gasteiger partial charge on any atom is 0.267 e. The van der Waals surface area contributed by atoms with Gasteiger partial charge in [-0.15, -0.1) is 0 Å². The SMILES string of the molecule is O=S(=O)(Nc1ccc(F)cc1Cl)c1c(F)cccc1F. The standard InChI is InChI=1S/C12H7ClF3NO2S/c13-8-6-7(14)4-5-11(8)17-20(18,19)12-9(15)2-1-3-10(12)16/h1-6,17H. The fraction of sp³-hybridized carbons (Fsp3) is 0. The molecule has 1 N–H and O–H groups in total. The average Bonchev–Trinajstić information content (AvgIpc) is 2.32. The first-order valence-corrected chi connectivity index (χ1v) is 7.09. The predicted molar refractivity (Wildman–Crippen MR) is 68.6 cm³/mol. The van der Waals surface area contributed by atoms with Gasteiger partial charge in [-0.2, -0.15) is 0 Å². The summed E-state index contributed by atoms with van der Waals surface area (Å²) in [6.07, 6.45) is 0. The van der Waals surface area contributed by atoms with E-state index in [2.05, 4.69) is 0 Å². The van der Waals surface area contributed by atoms with Crippen LogP contribution >= 0.6 is 11.6 Å². The first-order chi connectivity index (χ1) is 9.31. The fourth-order valence-corrected chi connectivity index (χ4v) is 3.00. The Morgan fingerprint density at radius 1 is 1.00 bits per heavy atom. The molecule has 0 amide bonds. The molecule has 0 fully saturated rings. The normalized spacial score (nSPS) is 11.4. The lowest BCUT2D eigenvalue weighted by atomic mass is 10.3. The fourth-order valence-electron chi connectivity index (χ4n) is 1.51. The van der Waals surface area contributed by atoms with Crippen molar-refractivity contribution in [2.45, 2.75) is 4.90 Å². The molecule has 3 nitrogen and oxygen atoms in total. The second-order valence-electron chi connectivity index (χ2n) is 3.78. The minimum Gasteiger partial charge on any atom is -0.278 e. The summed E-state index contributed by atoms with van der Waals surface area (Å²) in [5.74, 6) is -3.15. The van der Waals surface area contributed by atoms with Crippen LogP contribution in [0.3, 0.4) is 0 Å². The van der Waals surface area contributed by atoms with Crippen LogP contribution in [-0.4, -0.2) is 8.42 Å². The molecule has 0 bridgehead atoms. The molecule has 2 aromatic rings. The van der Waals surface area contributed by atoms with E-state index in [9.17, 15) is 21.6 Å². The Labute approximate surface area is 118 Å². The van der Waals surface area contributed by atoms with E-state index in [1.165, 1.54) is 0 Å². The van der Waals surface area contributed by atoms with E-state index in [1.807, 2.05) is 4.72 Å². The molecular weight excluding hydrogens is 315 g/mol. The lowest BCUT2D eigenvalue weighted by Gasteiger charge is -2.10. The molecule has 0 radical (unpaired) electrons. The maximum atomic E-state index is 13.5. The minimum atomic E-state index is -4.52. The number of sulfonamides is 1. The number of hydrogen-bond donors (Lipinski definition) is 1. The van der Waals surface area contributed by atoms with Crippen molar-refractivity contribution in [3.63, 3.8) is 0 Å². The molecule has 0 saturated carbocycles. The Morgan fingerprint density at radius 3 is 2.15 bits per heavy atom. The molecule has 0 aliphatic heterocycles. The Morgan fingerprint density at radius 2 is 1.60 bits per heavy atom. The van der Waals surface area contributed by atoms with E-state index >= 15 is 0 Å². The Kier molecular flexibility index (Phi) is 3.92. The van der Waals surface area contributed by atoms with Gasteiger partial charge in [0.05, 0.1) is 10.7 Å². The highest BCUT2D eigenvalue weighted by atomic mass is 35.5. The lowest BCUT2D eigenvalue weighted by molar-refractivity contribution is 0.521. The number of benzene rings is 2. The van der Waals surface area contributed by atoms with Gasteiger partial charge in [-0.1, -0.05) is 17.7 Å². The summed E-state index contributed by atoms with van der Waals surface area (Å²) in [6, 6.07) is 5.54. The zero-order valence-electron chi connectivity index (χ0n) is 9.70. The summed E-state index contributed by atoms with van der Waals surface area (Å²) < 4.78 is 65.6. The highest BCUT2D eigenvalue weighted by Gasteiger charge is 2.24. The summed E-state index contributed by atoms with van der Waals surface area (Å²) in [6.45, 7) is 0. The molecule has 2 rings (SSSR count). The second kappa shape index (κ2) is 5.34. The topological polar surface area (TPSA) is 46.2 Å². The van der Waals surface area contributed by atoms with Gasteiger partial charge >= 0.3 is 0 Å². The first-order valence-electron chi connectivity index (χ1n) is 5.23. The van der Waals surface area contributed by atoms with Crippen LogP contribution in [0.2, 0.25) is 5.02 Å². The van der Waals surface area contributed by atoms with Gasteiger partial charge < -0.3 is 0 Å². The highest BCUT2D eigenvalue weighted by molar-refractivity contribution is 7.92. The molecule has 0 atom stereocenters. The third-order valence-corrected chi connectivity index (χ3v) is 4.09.